The van der Waals surface area contributed by atoms with Crippen molar-refractivity contribution in [1.29, 1.82) is 0 Å². The molecule has 0 aromatic heterocycles. The van der Waals surface area contributed by atoms with E-state index in [0.717, 1.165) is 0 Å². The van der Waals surface area contributed by atoms with Crippen molar-refractivity contribution in [3.05, 3.63) is 23.2 Å². The average molecular weight is 323 g/mol. The molecule has 0 aliphatic carbocycles. The Kier molecular flexibility index (Phi) is 6.64. The third-order valence-corrected chi connectivity index (χ3v) is 3.20. The maximum absolute atomic E-state index is 12.1. The molecule has 1 rings (SSSR count). The van der Waals surface area contributed by atoms with E-state index in [1.807, 2.05) is 0 Å². The minimum Gasteiger partial charge on any atom is -0.433 e. The highest BCUT2D eigenvalue weighted by molar-refractivity contribution is 6.32. The molecule has 2 unspecified atom stereocenters. The fourth-order valence-electron chi connectivity index (χ4n) is 1.44. The first-order valence-corrected chi connectivity index (χ1v) is 6.64. The molecule has 0 radical (unpaired) electrons. The van der Waals surface area contributed by atoms with E-state index in [1.54, 1.807) is 13.8 Å². The number of rotatable bonds is 6. The topological polar surface area (TPSA) is 70.6 Å². The van der Waals surface area contributed by atoms with Crippen molar-refractivity contribution in [2.24, 2.45) is 5.92 Å². The van der Waals surface area contributed by atoms with Gasteiger partial charge in [0.15, 0.2) is 0 Å². The summed E-state index contributed by atoms with van der Waals surface area (Å²) in [5, 5.41) is 14.1. The van der Waals surface area contributed by atoms with Gasteiger partial charge in [-0.25, -0.2) is 4.79 Å². The van der Waals surface area contributed by atoms with Gasteiger partial charge in [0.05, 0.1) is 5.02 Å². The lowest BCUT2D eigenvalue weighted by molar-refractivity contribution is -0.0497. The van der Waals surface area contributed by atoms with E-state index in [9.17, 15) is 13.6 Å². The number of ether oxygens (including phenoxy) is 1. The van der Waals surface area contributed by atoms with Crippen molar-refractivity contribution in [2.45, 2.75) is 26.5 Å². The highest BCUT2D eigenvalue weighted by atomic mass is 35.5. The smallest absolute Gasteiger partial charge is 0.387 e. The van der Waals surface area contributed by atoms with Crippen LogP contribution in [0.2, 0.25) is 5.02 Å². The Hall–Kier alpha value is -1.60. The van der Waals surface area contributed by atoms with E-state index in [-0.39, 0.29) is 29.3 Å². The minimum atomic E-state index is -2.97. The molecule has 0 heterocycles. The maximum atomic E-state index is 12.1. The third kappa shape index (κ3) is 5.73. The SMILES string of the molecule is CC(CO)C(C)NC(=O)Nc1ccc(OC(F)F)c(Cl)c1. The number of nitrogens with one attached hydrogen (secondary N) is 2. The van der Waals surface area contributed by atoms with Crippen molar-refractivity contribution in [1.82, 2.24) is 5.32 Å². The zero-order valence-corrected chi connectivity index (χ0v) is 12.3. The standard InChI is InChI=1S/C13H17ClF2N2O3/c1-7(6-19)8(2)17-13(20)18-9-3-4-11(10(14)5-9)21-12(15)16/h3-5,7-8,12,19H,6H2,1-2H3,(H2,17,18,20). The molecule has 1 aromatic rings. The molecule has 0 fully saturated rings. The van der Waals surface area contributed by atoms with Gasteiger partial charge >= 0.3 is 12.6 Å². The molecule has 2 atom stereocenters. The van der Waals surface area contributed by atoms with Crippen LogP contribution in [0.3, 0.4) is 0 Å². The predicted molar refractivity (Wildman–Crippen MR) is 76.0 cm³/mol. The van der Waals surface area contributed by atoms with Gasteiger partial charge < -0.3 is 20.5 Å². The number of alkyl halides is 2. The lowest BCUT2D eigenvalue weighted by atomic mass is 10.1. The number of benzene rings is 1. The van der Waals surface area contributed by atoms with Gasteiger partial charge in [-0.1, -0.05) is 18.5 Å². The second-order valence-corrected chi connectivity index (χ2v) is 4.98. The van der Waals surface area contributed by atoms with Gasteiger partial charge in [0, 0.05) is 18.3 Å². The Morgan fingerprint density at radius 1 is 1.43 bits per heavy atom. The van der Waals surface area contributed by atoms with Gasteiger partial charge in [-0.05, 0) is 31.0 Å². The first-order chi connectivity index (χ1) is 9.83. The van der Waals surface area contributed by atoms with Crippen LogP contribution in [-0.2, 0) is 0 Å². The van der Waals surface area contributed by atoms with E-state index in [1.165, 1.54) is 18.2 Å². The number of urea groups is 1. The zero-order chi connectivity index (χ0) is 16.0. The molecule has 118 valence electrons. The molecule has 0 saturated heterocycles. The fourth-order valence-corrected chi connectivity index (χ4v) is 1.67. The second kappa shape index (κ2) is 7.99. The molecule has 1 aromatic carbocycles. The summed E-state index contributed by atoms with van der Waals surface area (Å²) in [5.74, 6) is -0.263. The molecule has 0 aliphatic heterocycles. The fraction of sp³-hybridized carbons (Fsp3) is 0.462. The van der Waals surface area contributed by atoms with Crippen LogP contribution in [0.1, 0.15) is 13.8 Å². The summed E-state index contributed by atoms with van der Waals surface area (Å²) >= 11 is 5.77. The Morgan fingerprint density at radius 3 is 2.62 bits per heavy atom. The van der Waals surface area contributed by atoms with Crippen molar-refractivity contribution in [2.75, 3.05) is 11.9 Å². The lowest BCUT2D eigenvalue weighted by Gasteiger charge is -2.19. The molecule has 2 amide bonds. The number of hydrogen-bond donors (Lipinski definition) is 3. The van der Waals surface area contributed by atoms with E-state index < -0.39 is 12.6 Å². The monoisotopic (exact) mass is 322 g/mol. The van der Waals surface area contributed by atoms with Crippen LogP contribution in [0.4, 0.5) is 19.3 Å². The van der Waals surface area contributed by atoms with Crippen molar-refractivity contribution in [3.8, 4) is 5.75 Å². The molecule has 0 aliphatic rings. The lowest BCUT2D eigenvalue weighted by Crippen LogP contribution is -2.40. The quantitative estimate of drug-likeness (QED) is 0.753. The Bertz CT molecular complexity index is 488. The molecule has 21 heavy (non-hydrogen) atoms. The van der Waals surface area contributed by atoms with Crippen LogP contribution >= 0.6 is 11.6 Å². The summed E-state index contributed by atoms with van der Waals surface area (Å²) in [6.07, 6.45) is 0. The van der Waals surface area contributed by atoms with Gasteiger partial charge in [0.25, 0.3) is 0 Å². The van der Waals surface area contributed by atoms with Gasteiger partial charge in [-0.15, -0.1) is 0 Å². The zero-order valence-electron chi connectivity index (χ0n) is 11.6. The summed E-state index contributed by atoms with van der Waals surface area (Å²) in [7, 11) is 0. The van der Waals surface area contributed by atoms with Crippen LogP contribution in [0.15, 0.2) is 18.2 Å². The number of hydrogen-bond acceptors (Lipinski definition) is 3. The van der Waals surface area contributed by atoms with E-state index >= 15 is 0 Å². The second-order valence-electron chi connectivity index (χ2n) is 4.57. The van der Waals surface area contributed by atoms with Crippen molar-refractivity contribution < 1.29 is 23.4 Å². The van der Waals surface area contributed by atoms with E-state index in [4.69, 9.17) is 16.7 Å². The van der Waals surface area contributed by atoms with Crippen LogP contribution in [0.25, 0.3) is 0 Å². The highest BCUT2D eigenvalue weighted by Crippen LogP contribution is 2.28. The molecule has 0 saturated carbocycles. The molecule has 0 spiro atoms. The Balaban J connectivity index is 2.63. The van der Waals surface area contributed by atoms with E-state index in [0.29, 0.717) is 5.69 Å². The van der Waals surface area contributed by atoms with Crippen LogP contribution < -0.4 is 15.4 Å². The molecule has 3 N–H and O–H groups in total. The molecule has 0 bridgehead atoms. The predicted octanol–water partition coefficient (Wildman–Crippen LogP) is 3.08. The molecular formula is C13H17ClF2N2O3. The van der Waals surface area contributed by atoms with Crippen LogP contribution in [0.5, 0.6) is 5.75 Å². The van der Waals surface area contributed by atoms with Gasteiger partial charge in [-0.2, -0.15) is 8.78 Å². The summed E-state index contributed by atoms with van der Waals surface area (Å²) < 4.78 is 28.4. The third-order valence-electron chi connectivity index (χ3n) is 2.91. The first-order valence-electron chi connectivity index (χ1n) is 6.26. The maximum Gasteiger partial charge on any atom is 0.387 e. The largest absolute Gasteiger partial charge is 0.433 e. The van der Waals surface area contributed by atoms with Gasteiger partial charge in [-0.3, -0.25) is 0 Å². The van der Waals surface area contributed by atoms with E-state index in [2.05, 4.69) is 15.4 Å². The normalized spacial score (nSPS) is 13.7. The number of halogens is 3. The van der Waals surface area contributed by atoms with Crippen LogP contribution in [0, 0.1) is 5.92 Å². The minimum absolute atomic E-state index is 0.0372. The summed E-state index contributed by atoms with van der Waals surface area (Å²) in [6.45, 7) is 0.531. The average Bonchev–Trinajstić information content (AvgIpc) is 2.40. The number of carbonyl (C=O) groups excluding carboxylic acids is 1. The summed E-state index contributed by atoms with van der Waals surface area (Å²) in [6, 6.07) is 3.22. The number of anilines is 1. The number of aliphatic hydroxyl groups excluding tert-OH is 1. The highest BCUT2D eigenvalue weighted by Gasteiger charge is 2.14. The van der Waals surface area contributed by atoms with Gasteiger partial charge in [0.2, 0.25) is 0 Å². The van der Waals surface area contributed by atoms with Crippen molar-refractivity contribution in [3.63, 3.8) is 0 Å². The molecular weight excluding hydrogens is 306 g/mol. The Morgan fingerprint density at radius 2 is 2.10 bits per heavy atom. The molecule has 5 nitrogen and oxygen atoms in total. The van der Waals surface area contributed by atoms with Crippen molar-refractivity contribution >= 4 is 23.3 Å². The number of carbonyl (C=O) groups is 1. The first kappa shape index (κ1) is 17.5. The Labute approximate surface area is 126 Å². The number of amides is 2. The van der Waals surface area contributed by atoms with Gasteiger partial charge in [0.1, 0.15) is 5.75 Å². The number of aliphatic hydroxyl groups is 1. The molecule has 8 heteroatoms. The van der Waals surface area contributed by atoms with Crippen LogP contribution in [-0.4, -0.2) is 30.4 Å². The summed E-state index contributed by atoms with van der Waals surface area (Å²) in [4.78, 5) is 11.7. The summed E-state index contributed by atoms with van der Waals surface area (Å²) in [5.41, 5.74) is 0.336.